The van der Waals surface area contributed by atoms with Gasteiger partial charge in [0.1, 0.15) is 0 Å². The van der Waals surface area contributed by atoms with Crippen molar-refractivity contribution < 1.29 is 4.79 Å². The van der Waals surface area contributed by atoms with Crippen LogP contribution in [-0.2, 0) is 4.79 Å². The Morgan fingerprint density at radius 1 is 1.26 bits per heavy atom. The molecule has 0 unspecified atom stereocenters. The number of nitrogens with one attached hydrogen (secondary N) is 2. The monoisotopic (exact) mass is 282 g/mol. The Bertz CT molecular complexity index is 385. The number of carbonyl (C=O) groups excluding carboxylic acids is 1. The number of hydrogen-bond donors (Lipinski definition) is 2. The molecule has 0 bridgehead atoms. The number of benzene rings is 1. The van der Waals surface area contributed by atoms with Gasteiger partial charge in [0.2, 0.25) is 5.91 Å². The highest BCUT2D eigenvalue weighted by Gasteiger charge is 2.34. The number of para-hydroxylation sites is 1. The number of hydrogen-bond acceptors (Lipinski definition) is 2. The summed E-state index contributed by atoms with van der Waals surface area (Å²) in [7, 11) is 0. The second kappa shape index (κ2) is 7.39. The first-order valence-electron chi connectivity index (χ1n) is 6.80. The van der Waals surface area contributed by atoms with Gasteiger partial charge in [0, 0.05) is 12.2 Å². The summed E-state index contributed by atoms with van der Waals surface area (Å²) < 4.78 is 0. The smallest absolute Gasteiger partial charge is 0.239 e. The molecule has 3 nitrogen and oxygen atoms in total. The van der Waals surface area contributed by atoms with E-state index in [9.17, 15) is 4.79 Å². The molecular formula is C15H23ClN2O. The van der Waals surface area contributed by atoms with Gasteiger partial charge < -0.3 is 10.6 Å². The minimum absolute atomic E-state index is 0. The van der Waals surface area contributed by atoms with Crippen LogP contribution >= 0.6 is 12.4 Å². The van der Waals surface area contributed by atoms with Crippen LogP contribution in [0.2, 0.25) is 0 Å². The SMILES string of the molecule is CCC1(CNC(=O)CNc2ccccc2)CCC1.Cl. The molecule has 2 N–H and O–H groups in total. The highest BCUT2D eigenvalue weighted by Crippen LogP contribution is 2.42. The number of anilines is 1. The van der Waals surface area contributed by atoms with Crippen LogP contribution in [-0.4, -0.2) is 19.0 Å². The third-order valence-electron chi connectivity index (χ3n) is 4.05. The lowest BCUT2D eigenvalue weighted by Crippen LogP contribution is -2.43. The first-order valence-corrected chi connectivity index (χ1v) is 6.80. The maximum Gasteiger partial charge on any atom is 0.239 e. The van der Waals surface area contributed by atoms with Gasteiger partial charge in [-0.05, 0) is 36.8 Å². The molecule has 0 aromatic heterocycles. The molecule has 1 saturated carbocycles. The van der Waals surface area contributed by atoms with Gasteiger partial charge in [-0.2, -0.15) is 0 Å². The van der Waals surface area contributed by atoms with Crippen LogP contribution in [0.1, 0.15) is 32.6 Å². The van der Waals surface area contributed by atoms with Crippen molar-refractivity contribution in [3.8, 4) is 0 Å². The summed E-state index contributed by atoms with van der Waals surface area (Å²) in [6, 6.07) is 9.81. The van der Waals surface area contributed by atoms with E-state index in [2.05, 4.69) is 17.6 Å². The Morgan fingerprint density at radius 3 is 2.47 bits per heavy atom. The maximum absolute atomic E-state index is 11.7. The molecule has 106 valence electrons. The average molecular weight is 283 g/mol. The van der Waals surface area contributed by atoms with Crippen LogP contribution in [0, 0.1) is 5.41 Å². The molecule has 19 heavy (non-hydrogen) atoms. The Morgan fingerprint density at radius 2 is 1.95 bits per heavy atom. The predicted octanol–water partition coefficient (Wildman–Crippen LogP) is 3.22. The van der Waals surface area contributed by atoms with E-state index in [4.69, 9.17) is 0 Å². The molecule has 0 radical (unpaired) electrons. The van der Waals surface area contributed by atoms with E-state index in [1.807, 2.05) is 30.3 Å². The summed E-state index contributed by atoms with van der Waals surface area (Å²) in [5.74, 6) is 0.0820. The van der Waals surface area contributed by atoms with Gasteiger partial charge in [-0.1, -0.05) is 31.5 Å². The Labute approximate surface area is 121 Å². The number of amides is 1. The maximum atomic E-state index is 11.7. The highest BCUT2D eigenvalue weighted by atomic mass is 35.5. The van der Waals surface area contributed by atoms with Crippen LogP contribution < -0.4 is 10.6 Å². The molecule has 0 saturated heterocycles. The molecule has 0 spiro atoms. The number of rotatable bonds is 6. The van der Waals surface area contributed by atoms with Gasteiger partial charge in [-0.25, -0.2) is 0 Å². The van der Waals surface area contributed by atoms with E-state index in [1.165, 1.54) is 25.7 Å². The van der Waals surface area contributed by atoms with Crippen LogP contribution in [0.4, 0.5) is 5.69 Å². The summed E-state index contributed by atoms with van der Waals surface area (Å²) in [5.41, 5.74) is 1.38. The zero-order valence-corrected chi connectivity index (χ0v) is 12.3. The summed E-state index contributed by atoms with van der Waals surface area (Å²) in [6.07, 6.45) is 5.00. The topological polar surface area (TPSA) is 41.1 Å². The minimum atomic E-state index is 0. The number of carbonyl (C=O) groups is 1. The van der Waals surface area contributed by atoms with Crippen molar-refractivity contribution >= 4 is 24.0 Å². The molecule has 1 fully saturated rings. The molecule has 1 amide bonds. The van der Waals surface area contributed by atoms with Crippen molar-refractivity contribution in [3.05, 3.63) is 30.3 Å². The third kappa shape index (κ3) is 4.43. The van der Waals surface area contributed by atoms with Crippen molar-refractivity contribution in [1.82, 2.24) is 5.32 Å². The quantitative estimate of drug-likeness (QED) is 0.841. The van der Waals surface area contributed by atoms with Crippen molar-refractivity contribution in [3.63, 3.8) is 0 Å². The lowest BCUT2D eigenvalue weighted by atomic mass is 9.67. The molecule has 4 heteroatoms. The molecule has 0 aliphatic heterocycles. The van der Waals surface area contributed by atoms with E-state index < -0.39 is 0 Å². The minimum Gasteiger partial charge on any atom is -0.376 e. The first kappa shape index (κ1) is 15.8. The van der Waals surface area contributed by atoms with E-state index in [0.717, 1.165) is 12.2 Å². The van der Waals surface area contributed by atoms with Gasteiger partial charge in [0.15, 0.2) is 0 Å². The van der Waals surface area contributed by atoms with Gasteiger partial charge in [0.05, 0.1) is 6.54 Å². The van der Waals surface area contributed by atoms with Crippen molar-refractivity contribution in [2.24, 2.45) is 5.41 Å². The molecule has 0 heterocycles. The Kier molecular flexibility index (Phi) is 6.16. The number of halogens is 1. The molecule has 1 aliphatic carbocycles. The fourth-order valence-corrected chi connectivity index (χ4v) is 2.42. The van der Waals surface area contributed by atoms with E-state index in [1.54, 1.807) is 0 Å². The normalized spacial score (nSPS) is 15.8. The predicted molar refractivity (Wildman–Crippen MR) is 81.8 cm³/mol. The first-order chi connectivity index (χ1) is 8.74. The van der Waals surface area contributed by atoms with Gasteiger partial charge in [-0.15, -0.1) is 12.4 Å². The Hall–Kier alpha value is -1.22. The summed E-state index contributed by atoms with van der Waals surface area (Å²) >= 11 is 0. The van der Waals surface area contributed by atoms with Crippen LogP contribution in [0.3, 0.4) is 0 Å². The second-order valence-electron chi connectivity index (χ2n) is 5.20. The molecule has 2 rings (SSSR count). The largest absolute Gasteiger partial charge is 0.376 e. The van der Waals surface area contributed by atoms with Gasteiger partial charge >= 0.3 is 0 Å². The molecule has 1 aromatic carbocycles. The fourth-order valence-electron chi connectivity index (χ4n) is 2.42. The van der Waals surface area contributed by atoms with Crippen LogP contribution in [0.15, 0.2) is 30.3 Å². The van der Waals surface area contributed by atoms with Crippen molar-refractivity contribution in [2.45, 2.75) is 32.6 Å². The van der Waals surface area contributed by atoms with Crippen molar-refractivity contribution in [2.75, 3.05) is 18.4 Å². The van der Waals surface area contributed by atoms with Crippen LogP contribution in [0.5, 0.6) is 0 Å². The zero-order chi connectivity index (χ0) is 12.8. The molecule has 1 aliphatic rings. The summed E-state index contributed by atoms with van der Waals surface area (Å²) in [6.45, 7) is 3.40. The van der Waals surface area contributed by atoms with E-state index in [-0.39, 0.29) is 18.3 Å². The van der Waals surface area contributed by atoms with E-state index in [0.29, 0.717) is 12.0 Å². The fraction of sp³-hybridized carbons (Fsp3) is 0.533. The zero-order valence-electron chi connectivity index (χ0n) is 11.4. The standard InChI is InChI=1S/C15H22N2O.ClH/c1-2-15(9-6-10-15)12-17-14(18)11-16-13-7-4-3-5-8-13;/h3-5,7-8,16H,2,6,9-12H2,1H3,(H,17,18);1H. The lowest BCUT2D eigenvalue weighted by molar-refractivity contribution is -0.120. The summed E-state index contributed by atoms with van der Waals surface area (Å²) in [5, 5.41) is 6.17. The Balaban J connectivity index is 0.00000180. The van der Waals surface area contributed by atoms with Crippen molar-refractivity contribution in [1.29, 1.82) is 0 Å². The lowest BCUT2D eigenvalue weighted by Gasteiger charge is -2.41. The summed E-state index contributed by atoms with van der Waals surface area (Å²) in [4.78, 5) is 11.7. The third-order valence-corrected chi connectivity index (χ3v) is 4.05. The van der Waals surface area contributed by atoms with Gasteiger partial charge in [-0.3, -0.25) is 4.79 Å². The average Bonchev–Trinajstić information content (AvgIpc) is 2.37. The van der Waals surface area contributed by atoms with Crippen LogP contribution in [0.25, 0.3) is 0 Å². The molecule has 1 aromatic rings. The second-order valence-corrected chi connectivity index (χ2v) is 5.20. The molecular weight excluding hydrogens is 260 g/mol. The van der Waals surface area contributed by atoms with Gasteiger partial charge in [0.25, 0.3) is 0 Å². The van der Waals surface area contributed by atoms with E-state index >= 15 is 0 Å². The highest BCUT2D eigenvalue weighted by molar-refractivity contribution is 5.85. The molecule has 0 atom stereocenters.